The molecule has 0 aliphatic carbocycles. The predicted molar refractivity (Wildman–Crippen MR) is 97.7 cm³/mol. The van der Waals surface area contributed by atoms with Gasteiger partial charge in [0.25, 0.3) is 6.01 Å². The van der Waals surface area contributed by atoms with Crippen molar-refractivity contribution in [3.8, 4) is 22.8 Å². The smallest absolute Gasteiger partial charge is 0.417 e. The lowest BCUT2D eigenvalue weighted by Gasteiger charge is -2.07. The van der Waals surface area contributed by atoms with Gasteiger partial charge in [-0.25, -0.2) is 9.78 Å². The van der Waals surface area contributed by atoms with Gasteiger partial charge in [0.15, 0.2) is 22.8 Å². The number of H-pyrrole nitrogens is 1. The SMILES string of the molecule is O=c1[nH]c2ccc(Nc3ncc(-c4ccc5c(c4)OCCCO5)o3)cc2o1. The molecule has 0 fully saturated rings. The summed E-state index contributed by atoms with van der Waals surface area (Å²) in [5.41, 5.74) is 2.62. The molecule has 8 nitrogen and oxygen atoms in total. The van der Waals surface area contributed by atoms with Crippen LogP contribution in [-0.2, 0) is 0 Å². The van der Waals surface area contributed by atoms with Gasteiger partial charge < -0.3 is 23.6 Å². The maximum Gasteiger partial charge on any atom is 0.417 e. The summed E-state index contributed by atoms with van der Waals surface area (Å²) in [4.78, 5) is 18.1. The third kappa shape index (κ3) is 3.01. The summed E-state index contributed by atoms with van der Waals surface area (Å²) in [6, 6.07) is 11.2. The highest BCUT2D eigenvalue weighted by Gasteiger charge is 2.14. The number of benzene rings is 2. The highest BCUT2D eigenvalue weighted by molar-refractivity contribution is 5.77. The first-order valence-corrected chi connectivity index (χ1v) is 8.50. The minimum Gasteiger partial charge on any atom is -0.490 e. The first-order valence-electron chi connectivity index (χ1n) is 8.50. The molecule has 27 heavy (non-hydrogen) atoms. The molecule has 0 spiro atoms. The summed E-state index contributed by atoms with van der Waals surface area (Å²) in [6.45, 7) is 1.27. The Labute approximate surface area is 152 Å². The monoisotopic (exact) mass is 365 g/mol. The summed E-state index contributed by atoms with van der Waals surface area (Å²) in [7, 11) is 0. The summed E-state index contributed by atoms with van der Waals surface area (Å²) < 4.78 is 22.2. The maximum atomic E-state index is 11.2. The molecule has 0 atom stereocenters. The van der Waals surface area contributed by atoms with Crippen molar-refractivity contribution in [2.45, 2.75) is 6.42 Å². The first-order chi connectivity index (χ1) is 13.2. The number of ether oxygens (including phenoxy) is 2. The Morgan fingerprint density at radius 1 is 1.00 bits per heavy atom. The molecule has 1 aliphatic heterocycles. The molecule has 136 valence electrons. The molecule has 0 radical (unpaired) electrons. The van der Waals surface area contributed by atoms with Gasteiger partial charge in [0.1, 0.15) is 0 Å². The van der Waals surface area contributed by atoms with E-state index in [1.165, 1.54) is 0 Å². The largest absolute Gasteiger partial charge is 0.490 e. The van der Waals surface area contributed by atoms with Gasteiger partial charge in [0.05, 0.1) is 24.9 Å². The topological polar surface area (TPSA) is 103 Å². The molecule has 2 aromatic heterocycles. The van der Waals surface area contributed by atoms with Crippen molar-refractivity contribution in [2.75, 3.05) is 18.5 Å². The van der Waals surface area contributed by atoms with Crippen LogP contribution in [0.15, 0.2) is 56.2 Å². The van der Waals surface area contributed by atoms with E-state index in [1.54, 1.807) is 24.4 Å². The number of hydrogen-bond acceptors (Lipinski definition) is 7. The van der Waals surface area contributed by atoms with Gasteiger partial charge in [0, 0.05) is 23.7 Å². The zero-order chi connectivity index (χ0) is 18.2. The summed E-state index contributed by atoms with van der Waals surface area (Å²) in [5, 5.41) is 3.06. The van der Waals surface area contributed by atoms with Crippen LogP contribution in [0.4, 0.5) is 11.7 Å². The van der Waals surface area contributed by atoms with Crippen LogP contribution in [0.5, 0.6) is 11.5 Å². The molecule has 0 saturated heterocycles. The standard InChI is InChI=1S/C19H15N3O5/c23-19-22-13-4-3-12(9-15(13)27-19)21-18-20-10-17(26-18)11-2-5-14-16(8-11)25-7-1-6-24-14/h2-5,8-10H,1,6-7H2,(H,20,21)(H,22,23). The number of hydrogen-bond donors (Lipinski definition) is 2. The van der Waals surface area contributed by atoms with Crippen molar-refractivity contribution >= 4 is 22.8 Å². The van der Waals surface area contributed by atoms with Crippen LogP contribution in [0.1, 0.15) is 6.42 Å². The van der Waals surface area contributed by atoms with E-state index in [1.807, 2.05) is 18.2 Å². The third-order valence-corrected chi connectivity index (χ3v) is 4.21. The van der Waals surface area contributed by atoms with Crippen LogP contribution in [-0.4, -0.2) is 23.2 Å². The Morgan fingerprint density at radius 3 is 2.81 bits per heavy atom. The van der Waals surface area contributed by atoms with E-state index in [0.717, 1.165) is 17.7 Å². The Hall–Kier alpha value is -3.68. The highest BCUT2D eigenvalue weighted by Crippen LogP contribution is 2.35. The number of oxazole rings is 2. The van der Waals surface area contributed by atoms with Crippen molar-refractivity contribution in [1.29, 1.82) is 0 Å². The summed E-state index contributed by atoms with van der Waals surface area (Å²) >= 11 is 0. The number of anilines is 2. The number of fused-ring (bicyclic) bond motifs is 2. The number of nitrogens with one attached hydrogen (secondary N) is 2. The number of aromatic amines is 1. The molecule has 2 N–H and O–H groups in total. The summed E-state index contributed by atoms with van der Waals surface area (Å²) in [6.07, 6.45) is 2.49. The van der Waals surface area contributed by atoms with Crippen LogP contribution in [0, 0.1) is 0 Å². The fraction of sp³-hybridized carbons (Fsp3) is 0.158. The van der Waals surface area contributed by atoms with Gasteiger partial charge in [0.2, 0.25) is 0 Å². The van der Waals surface area contributed by atoms with Gasteiger partial charge in [-0.3, -0.25) is 4.98 Å². The van der Waals surface area contributed by atoms with Crippen LogP contribution in [0.3, 0.4) is 0 Å². The van der Waals surface area contributed by atoms with Gasteiger partial charge >= 0.3 is 5.76 Å². The van der Waals surface area contributed by atoms with E-state index in [2.05, 4.69) is 15.3 Å². The zero-order valence-electron chi connectivity index (χ0n) is 14.2. The van der Waals surface area contributed by atoms with Crippen molar-refractivity contribution in [1.82, 2.24) is 9.97 Å². The molecule has 3 heterocycles. The average Bonchev–Trinajstić information content (AvgIpc) is 3.20. The minimum absolute atomic E-state index is 0.328. The molecule has 1 aliphatic rings. The quantitative estimate of drug-likeness (QED) is 0.571. The Balaban J connectivity index is 1.40. The van der Waals surface area contributed by atoms with Gasteiger partial charge in [-0.2, -0.15) is 0 Å². The second-order valence-electron chi connectivity index (χ2n) is 6.09. The van der Waals surface area contributed by atoms with E-state index < -0.39 is 5.76 Å². The molecule has 5 rings (SSSR count). The lowest BCUT2D eigenvalue weighted by molar-refractivity contribution is 0.297. The van der Waals surface area contributed by atoms with E-state index >= 15 is 0 Å². The molecule has 0 bridgehead atoms. The molecule has 0 saturated carbocycles. The first kappa shape index (κ1) is 15.6. The van der Waals surface area contributed by atoms with Crippen LogP contribution in [0.2, 0.25) is 0 Å². The average molecular weight is 365 g/mol. The van der Waals surface area contributed by atoms with Crippen molar-refractivity contribution in [3.05, 3.63) is 53.1 Å². The predicted octanol–water partition coefficient (Wildman–Crippen LogP) is 3.68. The van der Waals surface area contributed by atoms with Gasteiger partial charge in [-0.1, -0.05) is 0 Å². The van der Waals surface area contributed by atoms with Crippen molar-refractivity contribution in [2.24, 2.45) is 0 Å². The molecule has 0 amide bonds. The van der Waals surface area contributed by atoms with Crippen LogP contribution >= 0.6 is 0 Å². The van der Waals surface area contributed by atoms with E-state index in [9.17, 15) is 4.79 Å². The minimum atomic E-state index is -0.491. The zero-order valence-corrected chi connectivity index (χ0v) is 14.2. The Kier molecular flexibility index (Phi) is 3.60. The van der Waals surface area contributed by atoms with Crippen molar-refractivity contribution < 1.29 is 18.3 Å². The number of aromatic nitrogens is 2. The second kappa shape index (κ2) is 6.24. The molecule has 8 heteroatoms. The summed E-state index contributed by atoms with van der Waals surface area (Å²) in [5.74, 6) is 1.54. The van der Waals surface area contributed by atoms with E-state index in [-0.39, 0.29) is 0 Å². The fourth-order valence-electron chi connectivity index (χ4n) is 2.93. The van der Waals surface area contributed by atoms with E-state index in [4.69, 9.17) is 18.3 Å². The maximum absolute atomic E-state index is 11.2. The Morgan fingerprint density at radius 2 is 1.89 bits per heavy atom. The van der Waals surface area contributed by atoms with Crippen LogP contribution < -0.4 is 20.5 Å². The van der Waals surface area contributed by atoms with Crippen molar-refractivity contribution in [3.63, 3.8) is 0 Å². The second-order valence-corrected chi connectivity index (χ2v) is 6.09. The lowest BCUT2D eigenvalue weighted by Crippen LogP contribution is -1.97. The molecule has 2 aromatic carbocycles. The Bertz CT molecular complexity index is 1170. The lowest BCUT2D eigenvalue weighted by atomic mass is 10.1. The molecular weight excluding hydrogens is 350 g/mol. The normalized spacial score (nSPS) is 13.5. The number of rotatable bonds is 3. The number of nitrogens with zero attached hydrogens (tertiary/aromatic N) is 1. The van der Waals surface area contributed by atoms with Crippen LogP contribution in [0.25, 0.3) is 22.4 Å². The molecule has 0 unspecified atom stereocenters. The van der Waals surface area contributed by atoms with Gasteiger partial charge in [-0.05, 0) is 30.3 Å². The van der Waals surface area contributed by atoms with E-state index in [0.29, 0.717) is 47.5 Å². The molecule has 4 aromatic rings. The third-order valence-electron chi connectivity index (χ3n) is 4.21. The van der Waals surface area contributed by atoms with Gasteiger partial charge in [-0.15, -0.1) is 0 Å². The molecular formula is C19H15N3O5. The fourth-order valence-corrected chi connectivity index (χ4v) is 2.93. The highest BCUT2D eigenvalue weighted by atomic mass is 16.5.